The molecule has 104 valence electrons. The Kier molecular flexibility index (Phi) is 5.12. The lowest BCUT2D eigenvalue weighted by Crippen LogP contribution is -2.35. The third-order valence-electron chi connectivity index (χ3n) is 3.71. The van der Waals surface area contributed by atoms with Crippen molar-refractivity contribution >= 4 is 29.1 Å². The molecule has 2 nitrogen and oxygen atoms in total. The summed E-state index contributed by atoms with van der Waals surface area (Å²) in [5.41, 5.74) is 1.68. The first kappa shape index (κ1) is 14.7. The van der Waals surface area contributed by atoms with E-state index < -0.39 is 0 Å². The third-order valence-corrected chi connectivity index (χ3v) is 4.41. The number of benzene rings is 1. The zero-order chi connectivity index (χ0) is 13.8. The lowest BCUT2D eigenvalue weighted by atomic mass is 10.1. The summed E-state index contributed by atoms with van der Waals surface area (Å²) in [6, 6.07) is 5.84. The van der Waals surface area contributed by atoms with Crippen molar-refractivity contribution in [1.29, 1.82) is 0 Å². The Morgan fingerprint density at radius 3 is 2.95 bits per heavy atom. The van der Waals surface area contributed by atoms with Crippen LogP contribution in [0.3, 0.4) is 0 Å². The van der Waals surface area contributed by atoms with Gasteiger partial charge in [-0.1, -0.05) is 11.6 Å². The van der Waals surface area contributed by atoms with Gasteiger partial charge in [-0.25, -0.2) is 0 Å². The molecule has 1 atom stereocenters. The summed E-state index contributed by atoms with van der Waals surface area (Å²) >= 11 is 11.7. The predicted octanol–water partition coefficient (Wildman–Crippen LogP) is 4.27. The first-order chi connectivity index (χ1) is 9.13. The summed E-state index contributed by atoms with van der Waals surface area (Å²) in [7, 11) is 0. The molecular weight excluding hydrogens is 281 g/mol. The zero-order valence-electron chi connectivity index (χ0n) is 11.2. The minimum atomic E-state index is 0.122. The highest BCUT2D eigenvalue weighted by molar-refractivity contribution is 6.31. The number of carbonyl (C=O) groups excluding carboxylic acids is 1. The number of hydrogen-bond donors (Lipinski definition) is 0. The molecule has 4 heteroatoms. The number of hydrogen-bond acceptors (Lipinski definition) is 1. The molecule has 1 aliphatic rings. The lowest BCUT2D eigenvalue weighted by molar-refractivity contribution is 0.0730. The zero-order valence-corrected chi connectivity index (χ0v) is 12.7. The van der Waals surface area contributed by atoms with Crippen LogP contribution < -0.4 is 0 Å². The highest BCUT2D eigenvalue weighted by atomic mass is 35.5. The van der Waals surface area contributed by atoms with Crippen LogP contribution in [0.5, 0.6) is 0 Å². The molecule has 1 saturated heterocycles. The van der Waals surface area contributed by atoms with Gasteiger partial charge in [0.25, 0.3) is 5.91 Å². The number of carbonyl (C=O) groups is 1. The maximum Gasteiger partial charge on any atom is 0.254 e. The number of rotatable bonds is 4. The summed E-state index contributed by atoms with van der Waals surface area (Å²) in [5, 5.41) is 0.705. The van der Waals surface area contributed by atoms with E-state index in [0.717, 1.165) is 43.4 Å². The fourth-order valence-electron chi connectivity index (χ4n) is 2.66. The average Bonchev–Trinajstić information content (AvgIpc) is 2.87. The molecule has 1 aromatic carbocycles. The van der Waals surface area contributed by atoms with Gasteiger partial charge in [-0.3, -0.25) is 4.79 Å². The van der Waals surface area contributed by atoms with Crippen molar-refractivity contribution in [3.05, 3.63) is 34.3 Å². The summed E-state index contributed by atoms with van der Waals surface area (Å²) < 4.78 is 0. The van der Waals surface area contributed by atoms with Crippen molar-refractivity contribution in [2.24, 2.45) is 0 Å². The normalized spacial score (nSPS) is 18.9. The van der Waals surface area contributed by atoms with Gasteiger partial charge in [0.2, 0.25) is 0 Å². The lowest BCUT2D eigenvalue weighted by Gasteiger charge is -2.25. The van der Waals surface area contributed by atoms with Crippen LogP contribution in [0, 0.1) is 6.92 Å². The van der Waals surface area contributed by atoms with Crippen molar-refractivity contribution in [1.82, 2.24) is 4.90 Å². The highest BCUT2D eigenvalue weighted by Gasteiger charge is 2.28. The fraction of sp³-hybridized carbons (Fsp3) is 0.533. The van der Waals surface area contributed by atoms with Crippen LogP contribution in [0.1, 0.15) is 41.6 Å². The van der Waals surface area contributed by atoms with Gasteiger partial charge in [0.05, 0.1) is 0 Å². The second-order valence-corrected chi connectivity index (χ2v) is 5.87. The van der Waals surface area contributed by atoms with Crippen LogP contribution >= 0.6 is 23.2 Å². The molecule has 1 aromatic rings. The molecule has 0 saturated carbocycles. The van der Waals surface area contributed by atoms with Crippen molar-refractivity contribution in [2.45, 2.75) is 38.6 Å². The van der Waals surface area contributed by atoms with Gasteiger partial charge in [-0.15, -0.1) is 11.6 Å². The van der Waals surface area contributed by atoms with Crippen molar-refractivity contribution in [3.8, 4) is 0 Å². The molecule has 2 rings (SSSR count). The summed E-state index contributed by atoms with van der Waals surface area (Å²) in [5.74, 6) is 0.787. The molecule has 1 unspecified atom stereocenters. The Morgan fingerprint density at radius 1 is 1.47 bits per heavy atom. The highest BCUT2D eigenvalue weighted by Crippen LogP contribution is 2.25. The molecule has 1 fully saturated rings. The predicted molar refractivity (Wildman–Crippen MR) is 80.2 cm³/mol. The number of aryl methyl sites for hydroxylation is 1. The largest absolute Gasteiger partial charge is 0.336 e. The van der Waals surface area contributed by atoms with Gasteiger partial charge < -0.3 is 4.90 Å². The van der Waals surface area contributed by atoms with E-state index in [1.807, 2.05) is 24.0 Å². The quantitative estimate of drug-likeness (QED) is 0.760. The fourth-order valence-corrected chi connectivity index (χ4v) is 2.93. The van der Waals surface area contributed by atoms with E-state index in [9.17, 15) is 4.79 Å². The molecule has 0 bridgehead atoms. The molecule has 19 heavy (non-hydrogen) atoms. The number of nitrogens with zero attached hydrogens (tertiary/aromatic N) is 1. The van der Waals surface area contributed by atoms with Crippen LogP contribution in [-0.4, -0.2) is 29.3 Å². The number of halogens is 2. The van der Waals surface area contributed by atoms with Crippen molar-refractivity contribution in [2.75, 3.05) is 12.4 Å². The van der Waals surface area contributed by atoms with E-state index in [2.05, 4.69) is 0 Å². The molecule has 0 radical (unpaired) electrons. The van der Waals surface area contributed by atoms with Gasteiger partial charge in [-0.2, -0.15) is 0 Å². The summed E-state index contributed by atoms with van der Waals surface area (Å²) in [6.45, 7) is 2.78. The molecule has 1 amide bonds. The van der Waals surface area contributed by atoms with E-state index in [1.165, 1.54) is 0 Å². The smallest absolute Gasteiger partial charge is 0.254 e. The SMILES string of the molecule is Cc1cc(C(=O)N2CCCC2CCCCl)ccc1Cl. The van der Waals surface area contributed by atoms with Crippen molar-refractivity contribution in [3.63, 3.8) is 0 Å². The molecule has 0 aromatic heterocycles. The Hall–Kier alpha value is -0.730. The number of alkyl halides is 1. The Bertz CT molecular complexity index is 461. The van der Waals surface area contributed by atoms with Gasteiger partial charge in [0.1, 0.15) is 0 Å². The Morgan fingerprint density at radius 2 is 2.26 bits per heavy atom. The van der Waals surface area contributed by atoms with Gasteiger partial charge in [-0.05, 0) is 56.4 Å². The maximum atomic E-state index is 12.5. The minimum absolute atomic E-state index is 0.122. The standard InChI is InChI=1S/C15H19Cl2NO/c1-11-10-12(6-7-14(11)17)15(19)18-9-3-5-13(18)4-2-8-16/h6-7,10,13H,2-5,8-9H2,1H3. The summed E-state index contributed by atoms with van der Waals surface area (Å²) in [6.07, 6.45) is 4.15. The average molecular weight is 300 g/mol. The van der Waals surface area contributed by atoms with E-state index >= 15 is 0 Å². The molecule has 0 N–H and O–H groups in total. The third kappa shape index (κ3) is 3.43. The molecule has 0 spiro atoms. The van der Waals surface area contributed by atoms with Crippen LogP contribution in [0.4, 0.5) is 0 Å². The monoisotopic (exact) mass is 299 g/mol. The van der Waals surface area contributed by atoms with Crippen LogP contribution in [0.15, 0.2) is 18.2 Å². The van der Waals surface area contributed by atoms with Gasteiger partial charge in [0, 0.05) is 29.1 Å². The second kappa shape index (κ2) is 6.62. The minimum Gasteiger partial charge on any atom is -0.336 e. The Balaban J connectivity index is 2.11. The van der Waals surface area contributed by atoms with Crippen molar-refractivity contribution < 1.29 is 4.79 Å². The number of likely N-dealkylation sites (tertiary alicyclic amines) is 1. The van der Waals surface area contributed by atoms with E-state index in [1.54, 1.807) is 6.07 Å². The Labute approximate surface area is 124 Å². The first-order valence-corrected chi connectivity index (χ1v) is 7.68. The summed E-state index contributed by atoms with van der Waals surface area (Å²) in [4.78, 5) is 14.5. The van der Waals surface area contributed by atoms with Crippen LogP contribution in [0.25, 0.3) is 0 Å². The second-order valence-electron chi connectivity index (χ2n) is 5.09. The van der Waals surface area contributed by atoms with E-state index in [4.69, 9.17) is 23.2 Å². The number of amides is 1. The molecule has 0 aliphatic carbocycles. The van der Waals surface area contributed by atoms with Crippen LogP contribution in [0.2, 0.25) is 5.02 Å². The first-order valence-electron chi connectivity index (χ1n) is 6.76. The molecular formula is C15H19Cl2NO. The van der Waals surface area contributed by atoms with Crippen LogP contribution in [-0.2, 0) is 0 Å². The maximum absolute atomic E-state index is 12.5. The topological polar surface area (TPSA) is 20.3 Å². The van der Waals surface area contributed by atoms with Gasteiger partial charge in [0.15, 0.2) is 0 Å². The molecule has 1 heterocycles. The molecule has 1 aliphatic heterocycles. The van der Waals surface area contributed by atoms with E-state index in [-0.39, 0.29) is 5.91 Å². The van der Waals surface area contributed by atoms with Gasteiger partial charge >= 0.3 is 0 Å². The van der Waals surface area contributed by atoms with E-state index in [0.29, 0.717) is 16.9 Å².